The van der Waals surface area contributed by atoms with E-state index in [2.05, 4.69) is 43.2 Å². The van der Waals surface area contributed by atoms with Gasteiger partial charge < -0.3 is 20.9 Å². The van der Waals surface area contributed by atoms with Crippen molar-refractivity contribution in [3.8, 4) is 17.0 Å². The van der Waals surface area contributed by atoms with Crippen molar-refractivity contribution in [3.05, 3.63) is 64.1 Å². The van der Waals surface area contributed by atoms with E-state index >= 15 is 0 Å². The maximum absolute atomic E-state index is 12.3. The minimum atomic E-state index is -0.626. The zero-order valence-corrected chi connectivity index (χ0v) is 20.9. The minimum absolute atomic E-state index is 0.0490. The molecule has 0 saturated carbocycles. The summed E-state index contributed by atoms with van der Waals surface area (Å²) in [6.07, 6.45) is 2.19. The van der Waals surface area contributed by atoms with Crippen LogP contribution in [0, 0.1) is 19.8 Å². The molecule has 35 heavy (non-hydrogen) atoms. The molecule has 1 aromatic carbocycles. The first-order chi connectivity index (χ1) is 16.6. The van der Waals surface area contributed by atoms with E-state index in [1.54, 1.807) is 0 Å². The van der Waals surface area contributed by atoms with Crippen LogP contribution in [0.15, 0.2) is 30.5 Å². The Labute approximate surface area is 205 Å². The fourth-order valence-corrected chi connectivity index (χ4v) is 4.01. The van der Waals surface area contributed by atoms with Gasteiger partial charge >= 0.3 is 5.97 Å². The third kappa shape index (κ3) is 6.05. The number of hydrogen-bond acceptors (Lipinski definition) is 7. The first kappa shape index (κ1) is 25.9. The lowest BCUT2D eigenvalue weighted by atomic mass is 9.90. The number of primary amides is 1. The van der Waals surface area contributed by atoms with Gasteiger partial charge in [-0.25, -0.2) is 4.79 Å². The Kier molecular flexibility index (Phi) is 8.24. The van der Waals surface area contributed by atoms with Gasteiger partial charge in [-0.15, -0.1) is 5.10 Å². The number of nitrogens with zero attached hydrogens (tertiary/aromatic N) is 3. The van der Waals surface area contributed by atoms with E-state index in [0.29, 0.717) is 12.5 Å². The average Bonchev–Trinajstić information content (AvgIpc) is 3.19. The predicted octanol–water partition coefficient (Wildman–Crippen LogP) is 3.07. The lowest BCUT2D eigenvalue weighted by Gasteiger charge is -2.21. The van der Waals surface area contributed by atoms with E-state index in [-0.39, 0.29) is 24.6 Å². The quantitative estimate of drug-likeness (QED) is 0.427. The molecule has 186 valence electrons. The van der Waals surface area contributed by atoms with Gasteiger partial charge in [0.2, 0.25) is 11.8 Å². The van der Waals surface area contributed by atoms with Gasteiger partial charge in [-0.05, 0) is 42.9 Å². The fourth-order valence-electron chi connectivity index (χ4n) is 4.01. The summed E-state index contributed by atoms with van der Waals surface area (Å²) in [5, 5.41) is 4.23. The highest BCUT2D eigenvalue weighted by molar-refractivity contribution is 5.91. The second kappa shape index (κ2) is 11.1. The van der Waals surface area contributed by atoms with Crippen molar-refractivity contribution in [2.75, 3.05) is 7.11 Å². The molecular weight excluding hydrogens is 446 g/mol. The highest BCUT2D eigenvalue weighted by Gasteiger charge is 2.23. The molecule has 3 aromatic rings. The van der Waals surface area contributed by atoms with Gasteiger partial charge in [0, 0.05) is 29.7 Å². The van der Waals surface area contributed by atoms with E-state index in [0.717, 1.165) is 45.6 Å². The third-order valence-corrected chi connectivity index (χ3v) is 5.64. The molecule has 9 nitrogen and oxygen atoms in total. The first-order valence-electron chi connectivity index (χ1n) is 11.5. The molecule has 1 amide bonds. The van der Waals surface area contributed by atoms with Crippen LogP contribution in [0.3, 0.4) is 0 Å². The van der Waals surface area contributed by atoms with Crippen LogP contribution in [-0.4, -0.2) is 33.8 Å². The van der Waals surface area contributed by atoms with Crippen LogP contribution in [0.25, 0.3) is 11.1 Å². The predicted molar refractivity (Wildman–Crippen MR) is 133 cm³/mol. The minimum Gasteiger partial charge on any atom is -0.471 e. The highest BCUT2D eigenvalue weighted by Crippen LogP contribution is 2.33. The number of carbonyl (C=O) groups is 2. The standard InChI is InChI=1S/C26H33N5O4/c1-15(2)10-22-19(11-27)24(18-8-6-16(3)7-9-18)21(17(4)29-22)14-35-25-20(26(33)34-5)12-31(30-25)13-23(28)32/h6-9,12,15H,10-11,13-14,27H2,1-5H3,(H2,28,32). The number of nitrogens with two attached hydrogens (primary N) is 2. The van der Waals surface area contributed by atoms with E-state index < -0.39 is 11.9 Å². The molecular formula is C26H33N5O4. The Bertz CT molecular complexity index is 1220. The summed E-state index contributed by atoms with van der Waals surface area (Å²) >= 11 is 0. The molecule has 0 fully saturated rings. The molecule has 3 rings (SSSR count). The molecule has 0 aliphatic carbocycles. The summed E-state index contributed by atoms with van der Waals surface area (Å²) in [7, 11) is 1.27. The number of aryl methyl sites for hydroxylation is 2. The number of hydrogen-bond donors (Lipinski definition) is 2. The molecule has 0 aliphatic rings. The second-order valence-corrected chi connectivity index (χ2v) is 8.94. The molecule has 0 atom stereocenters. The van der Waals surface area contributed by atoms with E-state index in [4.69, 9.17) is 25.9 Å². The van der Waals surface area contributed by atoms with Crippen LogP contribution in [0.2, 0.25) is 0 Å². The maximum atomic E-state index is 12.3. The summed E-state index contributed by atoms with van der Waals surface area (Å²) in [6.45, 7) is 8.50. The number of esters is 1. The van der Waals surface area contributed by atoms with Gasteiger partial charge in [-0.1, -0.05) is 43.7 Å². The molecule has 0 aliphatic heterocycles. The molecule has 4 N–H and O–H groups in total. The summed E-state index contributed by atoms with van der Waals surface area (Å²) in [4.78, 5) is 28.5. The van der Waals surface area contributed by atoms with Crippen molar-refractivity contribution in [2.24, 2.45) is 17.4 Å². The molecule has 2 aromatic heterocycles. The van der Waals surface area contributed by atoms with Crippen molar-refractivity contribution >= 4 is 11.9 Å². The van der Waals surface area contributed by atoms with Crippen molar-refractivity contribution in [1.82, 2.24) is 14.8 Å². The summed E-state index contributed by atoms with van der Waals surface area (Å²) in [6, 6.07) is 8.23. The number of ether oxygens (including phenoxy) is 2. The van der Waals surface area contributed by atoms with Crippen molar-refractivity contribution in [2.45, 2.75) is 53.8 Å². The Hall–Kier alpha value is -3.72. The van der Waals surface area contributed by atoms with Crippen molar-refractivity contribution in [3.63, 3.8) is 0 Å². The molecule has 0 saturated heterocycles. The van der Waals surface area contributed by atoms with Crippen LogP contribution in [0.5, 0.6) is 5.88 Å². The third-order valence-electron chi connectivity index (χ3n) is 5.64. The topological polar surface area (TPSA) is 135 Å². The molecule has 0 radical (unpaired) electrons. The number of rotatable bonds is 10. The van der Waals surface area contributed by atoms with Crippen molar-refractivity contribution in [1.29, 1.82) is 0 Å². The van der Waals surface area contributed by atoms with Crippen LogP contribution in [-0.2, 0) is 35.6 Å². The molecule has 0 spiro atoms. The normalized spacial score (nSPS) is 11.1. The number of benzene rings is 1. The highest BCUT2D eigenvalue weighted by atomic mass is 16.5. The SMILES string of the molecule is COC(=O)c1cn(CC(N)=O)nc1OCc1c(C)nc(CC(C)C)c(CN)c1-c1ccc(C)cc1. The van der Waals surface area contributed by atoms with Gasteiger partial charge in [0.15, 0.2) is 0 Å². The van der Waals surface area contributed by atoms with Crippen LogP contribution < -0.4 is 16.2 Å². The van der Waals surface area contributed by atoms with Crippen molar-refractivity contribution < 1.29 is 19.1 Å². The zero-order chi connectivity index (χ0) is 25.7. The number of pyridine rings is 1. The van der Waals surface area contributed by atoms with Gasteiger partial charge in [0.05, 0.1) is 7.11 Å². The first-order valence-corrected chi connectivity index (χ1v) is 11.5. The Morgan fingerprint density at radius 1 is 1.11 bits per heavy atom. The lowest BCUT2D eigenvalue weighted by molar-refractivity contribution is -0.118. The van der Waals surface area contributed by atoms with Gasteiger partial charge in [0.25, 0.3) is 0 Å². The van der Waals surface area contributed by atoms with Gasteiger partial charge in [-0.3, -0.25) is 14.5 Å². The lowest BCUT2D eigenvalue weighted by Crippen LogP contribution is -2.19. The Balaban J connectivity index is 2.10. The number of methoxy groups -OCH3 is 1. The van der Waals surface area contributed by atoms with Crippen LogP contribution in [0.4, 0.5) is 0 Å². The molecule has 2 heterocycles. The van der Waals surface area contributed by atoms with E-state index in [1.165, 1.54) is 18.0 Å². The van der Waals surface area contributed by atoms with Gasteiger partial charge in [0.1, 0.15) is 18.7 Å². The molecule has 0 unspecified atom stereocenters. The summed E-state index contributed by atoms with van der Waals surface area (Å²) in [5.74, 6) is -0.755. The fraction of sp³-hybridized carbons (Fsp3) is 0.385. The molecule has 9 heteroatoms. The van der Waals surface area contributed by atoms with E-state index in [1.807, 2.05) is 13.8 Å². The monoisotopic (exact) mass is 479 g/mol. The summed E-state index contributed by atoms with van der Waals surface area (Å²) < 4.78 is 12.1. The van der Waals surface area contributed by atoms with Crippen LogP contribution in [0.1, 0.15) is 52.3 Å². The smallest absolute Gasteiger partial charge is 0.345 e. The van der Waals surface area contributed by atoms with Crippen LogP contribution >= 0.6 is 0 Å². The number of carbonyl (C=O) groups excluding carboxylic acids is 2. The maximum Gasteiger partial charge on any atom is 0.345 e. The zero-order valence-electron chi connectivity index (χ0n) is 20.9. The molecule has 0 bridgehead atoms. The average molecular weight is 480 g/mol. The Morgan fingerprint density at radius 3 is 2.37 bits per heavy atom. The number of aromatic nitrogens is 3. The Morgan fingerprint density at radius 2 is 1.80 bits per heavy atom. The van der Waals surface area contributed by atoms with Gasteiger partial charge in [-0.2, -0.15) is 0 Å². The summed E-state index contributed by atoms with van der Waals surface area (Å²) in [5.41, 5.74) is 18.4. The second-order valence-electron chi connectivity index (χ2n) is 8.94. The largest absolute Gasteiger partial charge is 0.471 e. The van der Waals surface area contributed by atoms with E-state index in [9.17, 15) is 9.59 Å². The number of amides is 1.